The Balaban J connectivity index is 2.14. The van der Waals surface area contributed by atoms with Crippen LogP contribution in [0.25, 0.3) is 22.3 Å². The molecule has 0 saturated heterocycles. The second kappa shape index (κ2) is 6.65. The first-order valence-corrected chi connectivity index (χ1v) is 8.48. The standard InChI is InChI=1S/C16H13Cl2N3S/c1-2-19-16-11(4-3-7-20-16)13-9-22-8-12(13)10-5-6-14(17)21-15(10)18/h3-9H,2H2,1H3,(H,19,20). The van der Waals surface area contributed by atoms with Crippen LogP contribution in [0.3, 0.4) is 0 Å². The van der Waals surface area contributed by atoms with E-state index in [2.05, 4.69) is 26.0 Å². The maximum absolute atomic E-state index is 6.26. The molecule has 1 N–H and O–H groups in total. The molecule has 0 bridgehead atoms. The van der Waals surface area contributed by atoms with Crippen molar-refractivity contribution in [2.45, 2.75) is 6.92 Å². The van der Waals surface area contributed by atoms with Crippen LogP contribution in [0.1, 0.15) is 6.92 Å². The lowest BCUT2D eigenvalue weighted by molar-refractivity contribution is 1.16. The summed E-state index contributed by atoms with van der Waals surface area (Å²) in [5.74, 6) is 0.864. The van der Waals surface area contributed by atoms with Gasteiger partial charge in [0.1, 0.15) is 16.1 Å². The number of nitrogens with zero attached hydrogens (tertiary/aromatic N) is 2. The Morgan fingerprint density at radius 2 is 1.82 bits per heavy atom. The first kappa shape index (κ1) is 15.3. The van der Waals surface area contributed by atoms with Crippen LogP contribution in [0.15, 0.2) is 41.2 Å². The van der Waals surface area contributed by atoms with Gasteiger partial charge in [-0.05, 0) is 41.9 Å². The second-order valence-electron chi connectivity index (χ2n) is 4.60. The first-order chi connectivity index (χ1) is 10.7. The predicted octanol–water partition coefficient (Wildman–Crippen LogP) is 5.61. The minimum absolute atomic E-state index is 0.389. The highest BCUT2D eigenvalue weighted by molar-refractivity contribution is 7.08. The number of pyridine rings is 2. The van der Waals surface area contributed by atoms with Crippen molar-refractivity contribution < 1.29 is 0 Å². The summed E-state index contributed by atoms with van der Waals surface area (Å²) in [5, 5.41) is 8.24. The van der Waals surface area contributed by atoms with E-state index in [1.54, 1.807) is 23.6 Å². The molecule has 3 heterocycles. The molecule has 6 heteroatoms. The predicted molar refractivity (Wildman–Crippen MR) is 95.0 cm³/mol. The summed E-state index contributed by atoms with van der Waals surface area (Å²) in [6, 6.07) is 7.62. The van der Waals surface area contributed by atoms with Crippen molar-refractivity contribution in [3.8, 4) is 22.3 Å². The van der Waals surface area contributed by atoms with Crippen molar-refractivity contribution in [2.75, 3.05) is 11.9 Å². The van der Waals surface area contributed by atoms with Gasteiger partial charge in [-0.3, -0.25) is 0 Å². The molecule has 3 rings (SSSR count). The summed E-state index contributed by atoms with van der Waals surface area (Å²) in [5.41, 5.74) is 4.03. The summed E-state index contributed by atoms with van der Waals surface area (Å²) in [4.78, 5) is 8.55. The second-order valence-corrected chi connectivity index (χ2v) is 6.09. The molecule has 0 aliphatic heterocycles. The van der Waals surface area contributed by atoms with Gasteiger partial charge in [0.2, 0.25) is 0 Å². The molecule has 3 aromatic rings. The molecule has 3 aromatic heterocycles. The van der Waals surface area contributed by atoms with Gasteiger partial charge in [-0.1, -0.05) is 23.2 Å². The van der Waals surface area contributed by atoms with Crippen LogP contribution in [0.2, 0.25) is 10.3 Å². The van der Waals surface area contributed by atoms with Gasteiger partial charge in [-0.25, -0.2) is 9.97 Å². The topological polar surface area (TPSA) is 37.8 Å². The van der Waals surface area contributed by atoms with Crippen LogP contribution in [0.5, 0.6) is 0 Å². The quantitative estimate of drug-likeness (QED) is 0.622. The third-order valence-corrected chi connectivity index (χ3v) is 4.45. The van der Waals surface area contributed by atoms with Crippen LogP contribution in [-0.2, 0) is 0 Å². The monoisotopic (exact) mass is 349 g/mol. The molecule has 0 saturated carbocycles. The molecule has 3 nitrogen and oxygen atoms in total. The fourth-order valence-corrected chi connectivity index (χ4v) is 3.55. The molecule has 22 heavy (non-hydrogen) atoms. The van der Waals surface area contributed by atoms with Gasteiger partial charge >= 0.3 is 0 Å². The van der Waals surface area contributed by atoms with E-state index in [1.807, 2.05) is 25.1 Å². The lowest BCUT2D eigenvalue weighted by atomic mass is 10.0. The van der Waals surface area contributed by atoms with E-state index < -0.39 is 0 Å². The SMILES string of the molecule is CCNc1ncccc1-c1cscc1-c1ccc(Cl)nc1Cl. The number of aromatic nitrogens is 2. The lowest BCUT2D eigenvalue weighted by Gasteiger charge is -2.11. The molecule has 0 fully saturated rings. The Kier molecular flexibility index (Phi) is 4.62. The third-order valence-electron chi connectivity index (χ3n) is 3.21. The average Bonchev–Trinajstić information content (AvgIpc) is 2.97. The van der Waals surface area contributed by atoms with Crippen molar-refractivity contribution in [1.82, 2.24) is 9.97 Å². The fourth-order valence-electron chi connectivity index (χ4n) is 2.26. The number of rotatable bonds is 4. The molecule has 0 atom stereocenters. The van der Waals surface area contributed by atoms with Crippen LogP contribution in [0, 0.1) is 0 Å². The number of thiophene rings is 1. The molecule has 112 valence electrons. The van der Waals surface area contributed by atoms with Gasteiger partial charge in [0.05, 0.1) is 0 Å². The van der Waals surface area contributed by atoms with Gasteiger partial charge < -0.3 is 5.32 Å². The Labute approximate surface area is 143 Å². The normalized spacial score (nSPS) is 10.7. The molecule has 0 radical (unpaired) electrons. The number of nitrogens with one attached hydrogen (secondary N) is 1. The van der Waals surface area contributed by atoms with Gasteiger partial charge in [-0.2, -0.15) is 11.3 Å². The van der Waals surface area contributed by atoms with E-state index in [4.69, 9.17) is 23.2 Å². The molecule has 0 aliphatic carbocycles. The zero-order chi connectivity index (χ0) is 15.5. The van der Waals surface area contributed by atoms with Gasteiger partial charge in [0.15, 0.2) is 0 Å². The van der Waals surface area contributed by atoms with E-state index in [1.165, 1.54) is 0 Å². The highest BCUT2D eigenvalue weighted by Crippen LogP contribution is 2.40. The van der Waals surface area contributed by atoms with Crippen molar-refractivity contribution in [3.05, 3.63) is 51.5 Å². The molecular formula is C16H13Cl2N3S. The summed E-state index contributed by atoms with van der Waals surface area (Å²) >= 11 is 13.8. The van der Waals surface area contributed by atoms with Crippen molar-refractivity contribution in [2.24, 2.45) is 0 Å². The smallest absolute Gasteiger partial charge is 0.138 e. The number of hydrogen-bond donors (Lipinski definition) is 1. The summed E-state index contributed by atoms with van der Waals surface area (Å²) in [6.07, 6.45) is 1.78. The maximum Gasteiger partial charge on any atom is 0.138 e. The highest BCUT2D eigenvalue weighted by atomic mass is 35.5. The van der Waals surface area contributed by atoms with Crippen LogP contribution in [-0.4, -0.2) is 16.5 Å². The minimum atomic E-state index is 0.389. The summed E-state index contributed by atoms with van der Waals surface area (Å²) in [6.45, 7) is 2.86. The van der Waals surface area contributed by atoms with Gasteiger partial charge in [0, 0.05) is 35.0 Å². The van der Waals surface area contributed by atoms with Crippen LogP contribution >= 0.6 is 34.5 Å². The average molecular weight is 350 g/mol. The van der Waals surface area contributed by atoms with E-state index in [9.17, 15) is 0 Å². The van der Waals surface area contributed by atoms with E-state index >= 15 is 0 Å². The summed E-state index contributed by atoms with van der Waals surface area (Å²) in [7, 11) is 0. The Bertz CT molecular complexity index is 802. The summed E-state index contributed by atoms with van der Waals surface area (Å²) < 4.78 is 0. The lowest BCUT2D eigenvalue weighted by Crippen LogP contribution is -2.00. The largest absolute Gasteiger partial charge is 0.370 e. The fraction of sp³-hybridized carbons (Fsp3) is 0.125. The van der Waals surface area contributed by atoms with E-state index in [-0.39, 0.29) is 0 Å². The maximum atomic E-state index is 6.26. The zero-order valence-electron chi connectivity index (χ0n) is 11.8. The third kappa shape index (κ3) is 2.95. The Morgan fingerprint density at radius 1 is 1.05 bits per heavy atom. The minimum Gasteiger partial charge on any atom is -0.370 e. The Hall–Kier alpha value is -1.62. The van der Waals surface area contributed by atoms with Crippen LogP contribution in [0.4, 0.5) is 5.82 Å². The van der Waals surface area contributed by atoms with E-state index in [0.717, 1.165) is 34.6 Å². The number of hydrogen-bond acceptors (Lipinski definition) is 4. The van der Waals surface area contributed by atoms with Crippen molar-refractivity contribution in [3.63, 3.8) is 0 Å². The van der Waals surface area contributed by atoms with Crippen LogP contribution < -0.4 is 5.32 Å². The number of halogens is 2. The molecule has 0 spiro atoms. The first-order valence-electron chi connectivity index (χ1n) is 6.78. The van der Waals surface area contributed by atoms with Crippen molar-refractivity contribution in [1.29, 1.82) is 0 Å². The van der Waals surface area contributed by atoms with Gasteiger partial charge in [0.25, 0.3) is 0 Å². The Morgan fingerprint density at radius 3 is 2.55 bits per heavy atom. The number of anilines is 1. The molecule has 0 aromatic carbocycles. The molecular weight excluding hydrogens is 337 g/mol. The van der Waals surface area contributed by atoms with Gasteiger partial charge in [-0.15, -0.1) is 0 Å². The van der Waals surface area contributed by atoms with Crippen molar-refractivity contribution >= 4 is 40.4 Å². The molecule has 0 aliphatic rings. The highest BCUT2D eigenvalue weighted by Gasteiger charge is 2.15. The molecule has 0 unspecified atom stereocenters. The molecule has 0 amide bonds. The zero-order valence-corrected chi connectivity index (χ0v) is 14.1. The van der Waals surface area contributed by atoms with E-state index in [0.29, 0.717) is 10.3 Å².